The highest BCUT2D eigenvalue weighted by molar-refractivity contribution is 7.90. The monoisotopic (exact) mass is 652 g/mol. The van der Waals surface area contributed by atoms with Crippen LogP contribution in [-0.4, -0.2) is 37.0 Å². The summed E-state index contributed by atoms with van der Waals surface area (Å²) < 4.78 is 36.3. The highest BCUT2D eigenvalue weighted by Crippen LogP contribution is 2.34. The maximum atomic E-state index is 13.4. The van der Waals surface area contributed by atoms with Gasteiger partial charge in [0.05, 0.1) is 28.9 Å². The predicted octanol–water partition coefficient (Wildman–Crippen LogP) is 7.31. The van der Waals surface area contributed by atoms with Gasteiger partial charge in [-0.3, -0.25) is 14.9 Å². The van der Waals surface area contributed by atoms with Crippen molar-refractivity contribution in [1.29, 1.82) is 0 Å². The van der Waals surface area contributed by atoms with Crippen molar-refractivity contribution in [3.05, 3.63) is 112 Å². The molecule has 1 amide bonds. The fraction of sp³-hybridized carbons (Fsp3) is 0.250. The summed E-state index contributed by atoms with van der Waals surface area (Å²) >= 11 is 0. The Balaban J connectivity index is 1.28. The van der Waals surface area contributed by atoms with E-state index in [0.29, 0.717) is 11.3 Å². The van der Waals surface area contributed by atoms with Gasteiger partial charge in [0.25, 0.3) is 15.7 Å². The lowest BCUT2D eigenvalue weighted by Gasteiger charge is -2.23. The minimum absolute atomic E-state index is 0.0930. The molecule has 1 saturated carbocycles. The van der Waals surface area contributed by atoms with Gasteiger partial charge in [-0.2, -0.15) is 0 Å². The Morgan fingerprint density at radius 2 is 1.64 bits per heavy atom. The Morgan fingerprint density at radius 1 is 0.936 bits per heavy atom. The Bertz CT molecular complexity index is 2050. The number of benzene rings is 4. The van der Waals surface area contributed by atoms with Crippen molar-refractivity contribution in [3.63, 3.8) is 0 Å². The van der Waals surface area contributed by atoms with Crippen LogP contribution in [-0.2, 0) is 21.2 Å². The van der Waals surface area contributed by atoms with Gasteiger partial charge < -0.3 is 14.6 Å². The number of nitrogens with zero attached hydrogens (tertiary/aromatic N) is 2. The maximum Gasteiger partial charge on any atom is 0.293 e. The van der Waals surface area contributed by atoms with Crippen LogP contribution >= 0.6 is 0 Å². The fourth-order valence-corrected chi connectivity index (χ4v) is 7.41. The van der Waals surface area contributed by atoms with Gasteiger partial charge >= 0.3 is 0 Å². The topological polar surface area (TPSA) is 133 Å². The minimum atomic E-state index is -4.40. The third-order valence-electron chi connectivity index (χ3n) is 8.80. The summed E-state index contributed by atoms with van der Waals surface area (Å²) in [7, 11) is -2.85. The number of carbonyl (C=O) groups excluding carboxylic acids is 1. The molecular weight excluding hydrogens is 616 g/mol. The van der Waals surface area contributed by atoms with Crippen molar-refractivity contribution in [3.8, 4) is 22.6 Å². The van der Waals surface area contributed by atoms with Gasteiger partial charge in [-0.25, -0.2) is 13.1 Å². The summed E-state index contributed by atoms with van der Waals surface area (Å²) in [6.07, 6.45) is 4.76. The summed E-state index contributed by atoms with van der Waals surface area (Å²) in [5.41, 5.74) is 5.18. The van der Waals surface area contributed by atoms with E-state index in [0.717, 1.165) is 71.6 Å². The number of ether oxygens (including phenoxy) is 1. The van der Waals surface area contributed by atoms with E-state index < -0.39 is 20.9 Å². The number of hydrogen-bond acceptors (Lipinski definition) is 7. The van der Waals surface area contributed by atoms with Crippen LogP contribution in [0.25, 0.3) is 27.7 Å². The zero-order valence-electron chi connectivity index (χ0n) is 26.2. The second-order valence-electron chi connectivity index (χ2n) is 11.8. The van der Waals surface area contributed by atoms with Crippen LogP contribution in [0, 0.1) is 17.0 Å². The molecule has 0 bridgehead atoms. The van der Waals surface area contributed by atoms with E-state index in [-0.39, 0.29) is 28.7 Å². The molecule has 0 spiro atoms. The Morgan fingerprint density at radius 3 is 2.32 bits per heavy atom. The smallest absolute Gasteiger partial charge is 0.293 e. The van der Waals surface area contributed by atoms with E-state index in [1.165, 1.54) is 12.1 Å². The number of methoxy groups -OCH3 is 1. The Labute approximate surface area is 273 Å². The molecule has 0 unspecified atom stereocenters. The number of nitro benzene ring substituents is 1. The number of hydrogen-bond donors (Lipinski definition) is 2. The molecule has 0 atom stereocenters. The molecule has 1 fully saturated rings. The number of nitrogens with one attached hydrogen (secondary N) is 2. The summed E-state index contributed by atoms with van der Waals surface area (Å²) in [4.78, 5) is 24.3. The zero-order valence-corrected chi connectivity index (χ0v) is 27.0. The summed E-state index contributed by atoms with van der Waals surface area (Å²) in [6.45, 7) is 1.89. The van der Waals surface area contributed by atoms with Crippen LogP contribution < -0.4 is 14.8 Å². The first-order chi connectivity index (χ1) is 22.6. The second-order valence-corrected chi connectivity index (χ2v) is 13.5. The van der Waals surface area contributed by atoms with Gasteiger partial charge in [0.2, 0.25) is 5.91 Å². The molecule has 242 valence electrons. The van der Waals surface area contributed by atoms with E-state index in [4.69, 9.17) is 4.74 Å². The first kappa shape index (κ1) is 31.8. The highest BCUT2D eigenvalue weighted by atomic mass is 32.2. The number of aromatic nitrogens is 1. The van der Waals surface area contributed by atoms with Crippen LogP contribution in [0.2, 0.25) is 0 Å². The average molecular weight is 653 g/mol. The third kappa shape index (κ3) is 6.71. The molecule has 0 aliphatic heterocycles. The molecule has 4 aromatic carbocycles. The molecule has 1 aliphatic rings. The van der Waals surface area contributed by atoms with Crippen LogP contribution in [0.4, 0.5) is 11.4 Å². The van der Waals surface area contributed by atoms with Crippen LogP contribution in [0.3, 0.4) is 0 Å². The zero-order chi connectivity index (χ0) is 33.1. The Kier molecular flexibility index (Phi) is 8.99. The number of anilines is 1. The number of nitro groups is 1. The van der Waals surface area contributed by atoms with Crippen LogP contribution in [0.1, 0.15) is 43.4 Å². The third-order valence-corrected chi connectivity index (χ3v) is 10.2. The predicted molar refractivity (Wildman–Crippen MR) is 183 cm³/mol. The Hall–Kier alpha value is -5.16. The van der Waals surface area contributed by atoms with Crippen molar-refractivity contribution in [2.75, 3.05) is 12.4 Å². The van der Waals surface area contributed by atoms with Gasteiger partial charge in [-0.05, 0) is 78.9 Å². The van der Waals surface area contributed by atoms with E-state index in [2.05, 4.69) is 10.0 Å². The molecular formula is C36H36N4O6S. The first-order valence-corrected chi connectivity index (χ1v) is 17.1. The van der Waals surface area contributed by atoms with Crippen molar-refractivity contribution < 1.29 is 22.9 Å². The van der Waals surface area contributed by atoms with Gasteiger partial charge in [-0.1, -0.05) is 61.7 Å². The molecule has 6 rings (SSSR count). The quantitative estimate of drug-likeness (QED) is 0.119. The van der Waals surface area contributed by atoms with E-state index >= 15 is 0 Å². The number of rotatable bonds is 10. The van der Waals surface area contributed by atoms with Gasteiger partial charge in [-0.15, -0.1) is 0 Å². The van der Waals surface area contributed by atoms with Gasteiger partial charge in [0.15, 0.2) is 0 Å². The van der Waals surface area contributed by atoms with Crippen molar-refractivity contribution >= 4 is 38.2 Å². The second kappa shape index (κ2) is 13.3. The summed E-state index contributed by atoms with van der Waals surface area (Å²) in [6, 6.07) is 27.5. The lowest BCUT2D eigenvalue weighted by atomic mass is 9.95. The van der Waals surface area contributed by atoms with Crippen LogP contribution in [0.15, 0.2) is 95.9 Å². The molecule has 1 aliphatic carbocycles. The molecule has 1 aromatic heterocycles. The number of carbonyl (C=O) groups is 1. The van der Waals surface area contributed by atoms with Gasteiger partial charge in [0.1, 0.15) is 11.4 Å². The SMILES string of the molecule is COc1ccc2c(c1)c(CC(=O)NS(=O)(=O)c1ccc(NC3CCCCC3)c([N+](=O)[O-])c1)c(C)n2-c1ccc(-c2ccccc2)cc1. The molecule has 11 heteroatoms. The minimum Gasteiger partial charge on any atom is -0.497 e. The molecule has 10 nitrogen and oxygen atoms in total. The molecule has 47 heavy (non-hydrogen) atoms. The number of sulfonamides is 1. The van der Waals surface area contributed by atoms with E-state index in [1.807, 2.05) is 84.3 Å². The summed E-state index contributed by atoms with van der Waals surface area (Å²) in [5, 5.41) is 15.9. The lowest BCUT2D eigenvalue weighted by Crippen LogP contribution is -2.32. The average Bonchev–Trinajstić information content (AvgIpc) is 3.35. The largest absolute Gasteiger partial charge is 0.497 e. The van der Waals surface area contributed by atoms with Crippen molar-refractivity contribution in [2.24, 2.45) is 0 Å². The maximum absolute atomic E-state index is 13.4. The fourth-order valence-electron chi connectivity index (χ4n) is 6.40. The molecule has 0 saturated heterocycles. The molecule has 1 heterocycles. The lowest BCUT2D eigenvalue weighted by molar-refractivity contribution is -0.384. The molecule has 0 radical (unpaired) electrons. The number of amides is 1. The molecule has 5 aromatic rings. The van der Waals surface area contributed by atoms with Gasteiger partial charge in [0, 0.05) is 28.9 Å². The van der Waals surface area contributed by atoms with E-state index in [1.54, 1.807) is 7.11 Å². The van der Waals surface area contributed by atoms with Crippen molar-refractivity contribution in [1.82, 2.24) is 9.29 Å². The highest BCUT2D eigenvalue weighted by Gasteiger charge is 2.26. The molecule has 2 N–H and O–H groups in total. The summed E-state index contributed by atoms with van der Waals surface area (Å²) in [5.74, 6) is -0.168. The van der Waals surface area contributed by atoms with Crippen molar-refractivity contribution in [2.45, 2.75) is 56.4 Å². The van der Waals surface area contributed by atoms with Crippen LogP contribution in [0.5, 0.6) is 5.75 Å². The normalized spacial score (nSPS) is 13.7. The standard InChI is InChI=1S/C36H36N4O6S/c1-24-31(23-36(41)38-47(44,45)30-18-19-33(35(22-30)40(42)43)37-27-11-7-4-8-12-27)32-21-29(46-2)17-20-34(32)39(24)28-15-13-26(14-16-28)25-9-5-3-6-10-25/h3,5-6,9-10,13-22,27,37H,4,7-8,11-12,23H2,1-2H3,(H,38,41). The number of fused-ring (bicyclic) bond motifs is 1. The van der Waals surface area contributed by atoms with E-state index in [9.17, 15) is 23.3 Å². The first-order valence-electron chi connectivity index (χ1n) is 15.6.